The second-order valence-corrected chi connectivity index (χ2v) is 12.9. The number of hydrogen-bond acceptors (Lipinski definition) is 8. The Hall–Kier alpha value is -4.03. The molecule has 214 valence electrons. The van der Waals surface area contributed by atoms with Crippen molar-refractivity contribution in [1.29, 1.82) is 5.26 Å². The van der Waals surface area contributed by atoms with Crippen LogP contribution >= 0.6 is 0 Å². The second kappa shape index (κ2) is 10.1. The summed E-state index contributed by atoms with van der Waals surface area (Å²) in [6, 6.07) is 17.2. The molecule has 2 aromatic carbocycles. The molecule has 0 radical (unpaired) electrons. The first-order valence-corrected chi connectivity index (χ1v) is 14.3. The summed E-state index contributed by atoms with van der Waals surface area (Å²) in [5, 5.41) is 13.6. The number of nitrogens with one attached hydrogen (secondary N) is 1. The molecule has 2 saturated heterocycles. The highest BCUT2D eigenvalue weighted by Gasteiger charge is 2.42. The number of nitrogens with zero attached hydrogens (tertiary/aromatic N) is 5. The van der Waals surface area contributed by atoms with Gasteiger partial charge in [-0.1, -0.05) is 6.07 Å². The number of amides is 1. The molecule has 9 nitrogen and oxygen atoms in total. The van der Waals surface area contributed by atoms with E-state index in [2.05, 4.69) is 68.3 Å². The lowest BCUT2D eigenvalue weighted by molar-refractivity contribution is 0.0445. The van der Waals surface area contributed by atoms with Crippen molar-refractivity contribution < 1.29 is 14.3 Å². The third kappa shape index (κ3) is 5.36. The zero-order valence-corrected chi connectivity index (χ0v) is 24.5. The zero-order chi connectivity index (χ0) is 28.9. The molecule has 0 aliphatic carbocycles. The highest BCUT2D eigenvalue weighted by molar-refractivity contribution is 5.95. The van der Waals surface area contributed by atoms with E-state index in [1.807, 2.05) is 39.8 Å². The molecule has 3 aliphatic rings. The van der Waals surface area contributed by atoms with Crippen molar-refractivity contribution >= 4 is 28.4 Å². The lowest BCUT2D eigenvalue weighted by atomic mass is 9.91. The third-order valence-electron chi connectivity index (χ3n) is 8.24. The Bertz CT molecular complexity index is 1520. The number of carbonyl (C=O) groups excluding carboxylic acids is 1. The number of piperazine rings is 1. The number of hydrogen-bond donors (Lipinski definition) is 1. The average molecular weight is 555 g/mol. The highest BCUT2D eigenvalue weighted by Crippen LogP contribution is 2.37. The van der Waals surface area contributed by atoms with Crippen molar-refractivity contribution in [2.75, 3.05) is 42.6 Å². The number of aromatic nitrogens is 1. The third-order valence-corrected chi connectivity index (χ3v) is 8.24. The van der Waals surface area contributed by atoms with Gasteiger partial charge >= 0.3 is 6.09 Å². The van der Waals surface area contributed by atoms with Gasteiger partial charge in [0.25, 0.3) is 0 Å². The fourth-order valence-electron chi connectivity index (χ4n) is 6.37. The Kier molecular flexibility index (Phi) is 6.69. The van der Waals surface area contributed by atoms with Gasteiger partial charge in [0.05, 0.1) is 22.7 Å². The van der Waals surface area contributed by atoms with E-state index in [-0.39, 0.29) is 17.7 Å². The normalized spacial score (nSPS) is 22.0. The van der Waals surface area contributed by atoms with Gasteiger partial charge in [0, 0.05) is 73.4 Å². The lowest BCUT2D eigenvalue weighted by Gasteiger charge is -2.49. The van der Waals surface area contributed by atoms with Crippen molar-refractivity contribution in [1.82, 2.24) is 15.2 Å². The first-order chi connectivity index (χ1) is 19.5. The van der Waals surface area contributed by atoms with Crippen molar-refractivity contribution in [3.63, 3.8) is 0 Å². The molecule has 3 aliphatic heterocycles. The quantitative estimate of drug-likeness (QED) is 0.499. The Labute approximate surface area is 241 Å². The predicted molar refractivity (Wildman–Crippen MR) is 159 cm³/mol. The van der Waals surface area contributed by atoms with Gasteiger partial charge in [0.1, 0.15) is 24.0 Å². The Morgan fingerprint density at radius 2 is 1.98 bits per heavy atom. The van der Waals surface area contributed by atoms with E-state index < -0.39 is 5.60 Å². The van der Waals surface area contributed by atoms with Gasteiger partial charge < -0.3 is 24.6 Å². The van der Waals surface area contributed by atoms with E-state index in [9.17, 15) is 10.1 Å². The van der Waals surface area contributed by atoms with E-state index in [0.29, 0.717) is 31.3 Å². The molecule has 3 aromatic rings. The average Bonchev–Trinajstić information content (AvgIpc) is 3.09. The van der Waals surface area contributed by atoms with Gasteiger partial charge in [0.2, 0.25) is 0 Å². The molecule has 1 aromatic heterocycles. The molecule has 0 unspecified atom stereocenters. The zero-order valence-electron chi connectivity index (χ0n) is 24.5. The lowest BCUT2D eigenvalue weighted by Crippen LogP contribution is -2.69. The summed E-state index contributed by atoms with van der Waals surface area (Å²) in [5.41, 5.74) is 3.90. The van der Waals surface area contributed by atoms with Crippen LogP contribution in [0.25, 0.3) is 10.9 Å². The summed E-state index contributed by atoms with van der Waals surface area (Å²) < 4.78 is 11.9. The van der Waals surface area contributed by atoms with Crippen molar-refractivity contribution in [2.24, 2.45) is 0 Å². The van der Waals surface area contributed by atoms with E-state index in [1.54, 1.807) is 6.20 Å². The minimum absolute atomic E-state index is 0.224. The van der Waals surface area contributed by atoms with Gasteiger partial charge in [-0.05, 0) is 65.0 Å². The maximum atomic E-state index is 12.3. The van der Waals surface area contributed by atoms with E-state index in [1.165, 1.54) is 5.56 Å². The first-order valence-electron chi connectivity index (χ1n) is 14.3. The highest BCUT2D eigenvalue weighted by atomic mass is 16.6. The van der Waals surface area contributed by atoms with Crippen LogP contribution in [0, 0.1) is 11.3 Å². The van der Waals surface area contributed by atoms with Crippen LogP contribution in [0.4, 0.5) is 16.2 Å². The van der Waals surface area contributed by atoms with Crippen LogP contribution in [0.15, 0.2) is 48.7 Å². The number of nitriles is 1. The van der Waals surface area contributed by atoms with E-state index in [0.717, 1.165) is 47.7 Å². The molecular formula is C32H38N6O3. The number of carbonyl (C=O) groups is 1. The Balaban J connectivity index is 1.15. The number of ether oxygens (including phenoxy) is 2. The smallest absolute Gasteiger partial charge is 0.408 e. The van der Waals surface area contributed by atoms with Crippen LogP contribution in [0.3, 0.4) is 0 Å². The van der Waals surface area contributed by atoms with Crippen molar-refractivity contribution in [3.8, 4) is 11.8 Å². The molecule has 1 amide bonds. The van der Waals surface area contributed by atoms with Crippen LogP contribution in [0.2, 0.25) is 0 Å². The molecule has 9 heteroatoms. The monoisotopic (exact) mass is 554 g/mol. The second-order valence-electron chi connectivity index (χ2n) is 12.9. The maximum absolute atomic E-state index is 12.3. The van der Waals surface area contributed by atoms with Gasteiger partial charge in [0.15, 0.2) is 0 Å². The van der Waals surface area contributed by atoms with Crippen LogP contribution in [0.1, 0.15) is 45.7 Å². The molecule has 0 bridgehead atoms. The molecule has 0 saturated carbocycles. The van der Waals surface area contributed by atoms with Gasteiger partial charge in [-0.3, -0.25) is 9.88 Å². The fourth-order valence-corrected chi connectivity index (χ4v) is 6.37. The minimum atomic E-state index is -0.521. The summed E-state index contributed by atoms with van der Waals surface area (Å²) in [4.78, 5) is 24.0. The van der Waals surface area contributed by atoms with Gasteiger partial charge in [-0.25, -0.2) is 4.79 Å². The van der Waals surface area contributed by atoms with Gasteiger partial charge in [-0.2, -0.15) is 5.26 Å². The minimum Gasteiger partial charge on any atom is -0.491 e. The van der Waals surface area contributed by atoms with Gasteiger partial charge in [-0.15, -0.1) is 0 Å². The van der Waals surface area contributed by atoms with Crippen molar-refractivity contribution in [3.05, 3.63) is 59.8 Å². The number of benzene rings is 2. The molecule has 2 atom stereocenters. The fraction of sp³-hybridized carbons (Fsp3) is 0.469. The molecule has 0 spiro atoms. The standard InChI is InChI=1S/C32H38N6O3/c1-21-15-36(27-11-9-22(14-33)29-26(27)7-6-12-34-29)17-25-18-40-28-13-24(10-8-23(28)16-38(21)25)37-19-32(5,20-37)35-30(39)41-31(2,3)4/h6-13,21,25H,15-20H2,1-5H3,(H,35,39)/t21-,25-/m1/s1. The maximum Gasteiger partial charge on any atom is 0.408 e. The largest absolute Gasteiger partial charge is 0.491 e. The summed E-state index contributed by atoms with van der Waals surface area (Å²) in [6.45, 7) is 14.5. The Morgan fingerprint density at radius 3 is 2.73 bits per heavy atom. The molecular weight excluding hydrogens is 516 g/mol. The molecule has 1 N–H and O–H groups in total. The first kappa shape index (κ1) is 27.2. The summed E-state index contributed by atoms with van der Waals surface area (Å²) in [7, 11) is 0. The summed E-state index contributed by atoms with van der Waals surface area (Å²) in [6.07, 6.45) is 1.37. The van der Waals surface area contributed by atoms with Crippen LogP contribution in [0.5, 0.6) is 5.75 Å². The van der Waals surface area contributed by atoms with Crippen LogP contribution < -0.4 is 19.9 Å². The molecule has 6 rings (SSSR count). The number of anilines is 2. The number of rotatable bonds is 3. The molecule has 4 heterocycles. The van der Waals surface area contributed by atoms with E-state index >= 15 is 0 Å². The molecule has 41 heavy (non-hydrogen) atoms. The Morgan fingerprint density at radius 1 is 1.17 bits per heavy atom. The number of fused-ring (bicyclic) bond motifs is 3. The summed E-state index contributed by atoms with van der Waals surface area (Å²) in [5.74, 6) is 0.928. The number of alkyl carbamates (subject to hydrolysis) is 1. The predicted octanol–water partition coefficient (Wildman–Crippen LogP) is 4.68. The SMILES string of the molecule is C[C@@H]1CN(c2ccc(C#N)c3ncccc23)C[C@@H]2COc3cc(N4CC(C)(NC(=O)OC(C)(C)C)C4)ccc3CN21. The van der Waals surface area contributed by atoms with Crippen LogP contribution in [-0.4, -0.2) is 72.0 Å². The molecule has 2 fully saturated rings. The summed E-state index contributed by atoms with van der Waals surface area (Å²) >= 11 is 0. The number of pyridine rings is 1. The van der Waals surface area contributed by atoms with E-state index in [4.69, 9.17) is 9.47 Å². The van der Waals surface area contributed by atoms with Crippen LogP contribution in [-0.2, 0) is 11.3 Å². The topological polar surface area (TPSA) is 94.0 Å². The van der Waals surface area contributed by atoms with Crippen molar-refractivity contribution in [2.45, 2.75) is 64.4 Å².